The van der Waals surface area contributed by atoms with Gasteiger partial charge in [0.2, 0.25) is 5.91 Å². The Bertz CT molecular complexity index is 952. The average molecular weight is 482 g/mol. The standard InChI is InChI=1S/C23H30F3N5O3/c1-29(2)21(33)31-14-19(20(32)28-8-11-34-3)22(15-31)6-9-30(10-7-22)17-5-4-16(13-27)18(12-17)23(24,25)26/h4-5,12,19H,6-11,14-15H2,1-3H3,(H,28,32). The number of rotatable bonds is 5. The highest BCUT2D eigenvalue weighted by atomic mass is 19.4. The summed E-state index contributed by atoms with van der Waals surface area (Å²) in [6, 6.07) is 5.17. The summed E-state index contributed by atoms with van der Waals surface area (Å²) in [4.78, 5) is 30.7. The first-order chi connectivity index (χ1) is 16.0. The number of hydrogen-bond acceptors (Lipinski definition) is 5. The summed E-state index contributed by atoms with van der Waals surface area (Å²) in [7, 11) is 4.86. The summed E-state index contributed by atoms with van der Waals surface area (Å²) >= 11 is 0. The van der Waals surface area contributed by atoms with Gasteiger partial charge in [-0.2, -0.15) is 18.4 Å². The van der Waals surface area contributed by atoms with E-state index in [0.717, 1.165) is 6.07 Å². The van der Waals surface area contributed by atoms with Crippen molar-refractivity contribution in [3.05, 3.63) is 29.3 Å². The molecule has 1 unspecified atom stereocenters. The maximum Gasteiger partial charge on any atom is 0.417 e. The molecule has 1 aromatic rings. The average Bonchev–Trinajstić information content (AvgIpc) is 3.16. The number of carbonyl (C=O) groups excluding carboxylic acids is 2. The van der Waals surface area contributed by atoms with Crippen LogP contribution in [0, 0.1) is 22.7 Å². The number of amides is 3. The first-order valence-corrected chi connectivity index (χ1v) is 11.1. The van der Waals surface area contributed by atoms with Crippen LogP contribution in [0.2, 0.25) is 0 Å². The van der Waals surface area contributed by atoms with Crippen LogP contribution in [0.4, 0.5) is 23.7 Å². The van der Waals surface area contributed by atoms with E-state index in [1.165, 1.54) is 17.0 Å². The molecule has 1 atom stereocenters. The summed E-state index contributed by atoms with van der Waals surface area (Å²) < 4.78 is 45.2. The normalized spacial score (nSPS) is 19.7. The number of anilines is 1. The number of nitrogens with zero attached hydrogens (tertiary/aromatic N) is 4. The van der Waals surface area contributed by atoms with E-state index in [1.54, 1.807) is 32.2 Å². The summed E-state index contributed by atoms with van der Waals surface area (Å²) in [5.74, 6) is -0.556. The predicted molar refractivity (Wildman–Crippen MR) is 119 cm³/mol. The van der Waals surface area contributed by atoms with Crippen LogP contribution in [0.15, 0.2) is 18.2 Å². The van der Waals surface area contributed by atoms with Crippen molar-refractivity contribution in [3.8, 4) is 6.07 Å². The molecular formula is C23H30F3N5O3. The molecule has 1 N–H and O–H groups in total. The van der Waals surface area contributed by atoms with Gasteiger partial charge < -0.3 is 24.8 Å². The second-order valence-corrected chi connectivity index (χ2v) is 9.08. The molecule has 1 spiro atoms. The van der Waals surface area contributed by atoms with Gasteiger partial charge >= 0.3 is 12.2 Å². The lowest BCUT2D eigenvalue weighted by Gasteiger charge is -2.43. The number of piperidine rings is 1. The van der Waals surface area contributed by atoms with Gasteiger partial charge in [0.25, 0.3) is 0 Å². The molecule has 34 heavy (non-hydrogen) atoms. The van der Waals surface area contributed by atoms with Gasteiger partial charge in [-0.15, -0.1) is 0 Å². The Balaban J connectivity index is 1.80. The van der Waals surface area contributed by atoms with Crippen LogP contribution in [0.25, 0.3) is 0 Å². The summed E-state index contributed by atoms with van der Waals surface area (Å²) in [5.41, 5.74) is -1.43. The van der Waals surface area contributed by atoms with Gasteiger partial charge in [-0.3, -0.25) is 4.79 Å². The molecule has 2 aliphatic rings. The van der Waals surface area contributed by atoms with E-state index in [-0.39, 0.29) is 11.9 Å². The Morgan fingerprint density at radius 3 is 2.53 bits per heavy atom. The number of alkyl halides is 3. The van der Waals surface area contributed by atoms with Crippen LogP contribution in [-0.2, 0) is 15.7 Å². The molecule has 1 aromatic carbocycles. The van der Waals surface area contributed by atoms with Gasteiger partial charge in [-0.25, -0.2) is 4.79 Å². The van der Waals surface area contributed by atoms with Crippen LogP contribution in [0.3, 0.4) is 0 Å². The van der Waals surface area contributed by atoms with Gasteiger partial charge in [-0.05, 0) is 31.0 Å². The van der Waals surface area contributed by atoms with E-state index in [2.05, 4.69) is 5.32 Å². The fourth-order valence-electron chi connectivity index (χ4n) is 4.94. The molecule has 0 saturated carbocycles. The van der Waals surface area contributed by atoms with E-state index in [4.69, 9.17) is 10.00 Å². The number of likely N-dealkylation sites (tertiary alicyclic amines) is 1. The van der Waals surface area contributed by atoms with Crippen molar-refractivity contribution in [1.29, 1.82) is 5.26 Å². The van der Waals surface area contributed by atoms with Crippen LogP contribution in [0.5, 0.6) is 0 Å². The van der Waals surface area contributed by atoms with E-state index in [1.807, 2.05) is 4.90 Å². The van der Waals surface area contributed by atoms with Crippen molar-refractivity contribution in [2.45, 2.75) is 19.0 Å². The lowest BCUT2D eigenvalue weighted by molar-refractivity contribution is -0.137. The summed E-state index contributed by atoms with van der Waals surface area (Å²) in [6.07, 6.45) is -3.52. The number of nitrogens with one attached hydrogen (secondary N) is 1. The smallest absolute Gasteiger partial charge is 0.383 e. The first kappa shape index (κ1) is 25.6. The third-order valence-electron chi connectivity index (χ3n) is 6.78. The molecule has 0 radical (unpaired) electrons. The second-order valence-electron chi connectivity index (χ2n) is 9.08. The lowest BCUT2D eigenvalue weighted by Crippen LogP contribution is -2.49. The minimum Gasteiger partial charge on any atom is -0.383 e. The highest BCUT2D eigenvalue weighted by molar-refractivity contribution is 5.82. The van der Waals surface area contributed by atoms with Crippen molar-refractivity contribution in [3.63, 3.8) is 0 Å². The minimum atomic E-state index is -4.62. The fraction of sp³-hybridized carbons (Fsp3) is 0.609. The topological polar surface area (TPSA) is 88.9 Å². The zero-order valence-electron chi connectivity index (χ0n) is 19.6. The van der Waals surface area contributed by atoms with Gasteiger partial charge in [0, 0.05) is 65.0 Å². The quantitative estimate of drug-likeness (QED) is 0.653. The fourth-order valence-corrected chi connectivity index (χ4v) is 4.94. The van der Waals surface area contributed by atoms with Gasteiger partial charge in [0.05, 0.1) is 29.7 Å². The number of ether oxygens (including phenoxy) is 1. The number of nitriles is 1. The molecule has 8 nitrogen and oxygen atoms in total. The second kappa shape index (κ2) is 10.1. The highest BCUT2D eigenvalue weighted by Crippen LogP contribution is 2.46. The van der Waals surface area contributed by atoms with Gasteiger partial charge in [0.15, 0.2) is 0 Å². The third kappa shape index (κ3) is 5.22. The Labute approximate surface area is 197 Å². The molecule has 2 heterocycles. The van der Waals surface area contributed by atoms with Crippen molar-refractivity contribution in [2.24, 2.45) is 11.3 Å². The first-order valence-electron chi connectivity index (χ1n) is 11.1. The largest absolute Gasteiger partial charge is 0.417 e. The molecule has 0 aromatic heterocycles. The molecule has 2 aliphatic heterocycles. The Hall–Kier alpha value is -3.00. The summed E-state index contributed by atoms with van der Waals surface area (Å²) in [6.45, 7) is 2.33. The van der Waals surface area contributed by atoms with Crippen LogP contribution >= 0.6 is 0 Å². The van der Waals surface area contributed by atoms with E-state index in [0.29, 0.717) is 57.9 Å². The zero-order valence-corrected chi connectivity index (χ0v) is 19.6. The molecule has 2 saturated heterocycles. The van der Waals surface area contributed by atoms with Crippen LogP contribution in [-0.4, -0.2) is 82.3 Å². The zero-order chi connectivity index (χ0) is 25.1. The van der Waals surface area contributed by atoms with E-state index >= 15 is 0 Å². The number of hydrogen-bond donors (Lipinski definition) is 1. The molecule has 186 valence electrons. The lowest BCUT2D eigenvalue weighted by atomic mass is 9.70. The molecule has 0 bridgehead atoms. The third-order valence-corrected chi connectivity index (χ3v) is 6.78. The van der Waals surface area contributed by atoms with Crippen molar-refractivity contribution in [1.82, 2.24) is 15.1 Å². The number of benzene rings is 1. The predicted octanol–water partition coefficient (Wildman–Crippen LogP) is 2.54. The summed E-state index contributed by atoms with van der Waals surface area (Å²) in [5, 5.41) is 11.9. The Morgan fingerprint density at radius 1 is 1.29 bits per heavy atom. The minimum absolute atomic E-state index is 0.141. The highest BCUT2D eigenvalue weighted by Gasteiger charge is 2.52. The van der Waals surface area contributed by atoms with Gasteiger partial charge in [-0.1, -0.05) is 0 Å². The van der Waals surface area contributed by atoms with Crippen LogP contribution in [0.1, 0.15) is 24.0 Å². The van der Waals surface area contributed by atoms with Crippen molar-refractivity contribution >= 4 is 17.6 Å². The molecular weight excluding hydrogens is 451 g/mol. The number of carbonyl (C=O) groups is 2. The molecule has 11 heteroatoms. The van der Waals surface area contributed by atoms with E-state index < -0.39 is 28.6 Å². The Morgan fingerprint density at radius 2 is 1.97 bits per heavy atom. The van der Waals surface area contributed by atoms with Crippen molar-refractivity contribution < 1.29 is 27.5 Å². The maximum atomic E-state index is 13.4. The van der Waals surface area contributed by atoms with Crippen LogP contribution < -0.4 is 10.2 Å². The molecule has 3 amide bonds. The molecule has 2 fully saturated rings. The number of halogens is 3. The molecule has 3 rings (SSSR count). The van der Waals surface area contributed by atoms with Crippen molar-refractivity contribution in [2.75, 3.05) is 65.4 Å². The number of urea groups is 1. The number of methoxy groups -OCH3 is 1. The maximum absolute atomic E-state index is 13.4. The monoisotopic (exact) mass is 481 g/mol. The van der Waals surface area contributed by atoms with Gasteiger partial charge in [0.1, 0.15) is 0 Å². The SMILES string of the molecule is COCCNC(=O)C1CN(C(=O)N(C)C)CC12CCN(c1ccc(C#N)c(C(F)(F)F)c1)CC2. The molecule has 0 aliphatic carbocycles. The van der Waals surface area contributed by atoms with E-state index in [9.17, 15) is 22.8 Å². The Kier molecular flexibility index (Phi) is 7.60.